The molecule has 204 valence electrons. The Bertz CT molecular complexity index is 1830. The second kappa shape index (κ2) is 10.8. The van der Waals surface area contributed by atoms with Gasteiger partial charge in [0.15, 0.2) is 5.65 Å². The van der Waals surface area contributed by atoms with Gasteiger partial charge in [0.25, 0.3) is 5.56 Å². The Kier molecular flexibility index (Phi) is 7.21. The molecule has 0 fully saturated rings. The molecule has 9 heteroatoms. The summed E-state index contributed by atoms with van der Waals surface area (Å²) in [5.41, 5.74) is 4.03. The SMILES string of the molecule is CC(=O)Nc1ccc(-c2c3c(=O)n(C)c(=O)n(CC(C)C)c3nn2Cc2ccccc2-c2ccc(F)cc2)cc1. The highest BCUT2D eigenvalue weighted by molar-refractivity contribution is 5.92. The average Bonchev–Trinajstić information content (AvgIpc) is 3.29. The summed E-state index contributed by atoms with van der Waals surface area (Å²) < 4.78 is 18.1. The number of rotatable bonds is 7. The van der Waals surface area contributed by atoms with Crippen molar-refractivity contribution in [3.05, 3.63) is 105 Å². The third-order valence-corrected chi connectivity index (χ3v) is 6.75. The fourth-order valence-electron chi connectivity index (χ4n) is 4.94. The van der Waals surface area contributed by atoms with Crippen LogP contribution in [0, 0.1) is 11.7 Å². The maximum atomic E-state index is 13.6. The number of halogens is 1. The standard InChI is InChI=1S/C31H30FN5O3/c1-19(2)17-36-29-27(30(39)35(4)31(36)40)28(22-11-15-25(16-12-22)33-20(3)38)37(34-29)18-23-7-5-6-8-26(23)21-9-13-24(32)14-10-21/h5-16,19H,17-18H2,1-4H3,(H,33,38). The molecule has 0 aliphatic rings. The summed E-state index contributed by atoms with van der Waals surface area (Å²) >= 11 is 0. The minimum Gasteiger partial charge on any atom is -0.326 e. The summed E-state index contributed by atoms with van der Waals surface area (Å²) in [6.07, 6.45) is 0. The Morgan fingerprint density at radius 2 is 1.60 bits per heavy atom. The van der Waals surface area contributed by atoms with Crippen LogP contribution in [0.15, 0.2) is 82.4 Å². The van der Waals surface area contributed by atoms with E-state index in [0.717, 1.165) is 21.3 Å². The Morgan fingerprint density at radius 3 is 2.25 bits per heavy atom. The molecule has 2 aromatic heterocycles. The number of benzene rings is 3. The first kappa shape index (κ1) is 26.8. The first-order valence-electron chi connectivity index (χ1n) is 13.1. The van der Waals surface area contributed by atoms with Crippen LogP contribution in [0.2, 0.25) is 0 Å². The van der Waals surface area contributed by atoms with E-state index in [1.54, 1.807) is 33.5 Å². The van der Waals surface area contributed by atoms with E-state index in [-0.39, 0.29) is 17.6 Å². The lowest BCUT2D eigenvalue weighted by molar-refractivity contribution is -0.114. The maximum Gasteiger partial charge on any atom is 0.332 e. The average molecular weight is 540 g/mol. The maximum absolute atomic E-state index is 13.6. The second-order valence-corrected chi connectivity index (χ2v) is 10.3. The van der Waals surface area contributed by atoms with E-state index < -0.39 is 11.2 Å². The molecular weight excluding hydrogens is 509 g/mol. The fraction of sp³-hybridized carbons (Fsp3) is 0.226. The topological polar surface area (TPSA) is 90.9 Å². The first-order chi connectivity index (χ1) is 19.1. The number of hydrogen-bond acceptors (Lipinski definition) is 4. The lowest BCUT2D eigenvalue weighted by Crippen LogP contribution is -2.38. The van der Waals surface area contributed by atoms with Crippen LogP contribution in [0.5, 0.6) is 0 Å². The number of amides is 1. The number of fused-ring (bicyclic) bond motifs is 1. The molecule has 5 aromatic rings. The van der Waals surface area contributed by atoms with Crippen molar-refractivity contribution < 1.29 is 9.18 Å². The van der Waals surface area contributed by atoms with Crippen LogP contribution in [-0.4, -0.2) is 24.8 Å². The third-order valence-electron chi connectivity index (χ3n) is 6.75. The second-order valence-electron chi connectivity index (χ2n) is 10.3. The van der Waals surface area contributed by atoms with Gasteiger partial charge in [0.1, 0.15) is 11.2 Å². The highest BCUT2D eigenvalue weighted by Crippen LogP contribution is 2.31. The van der Waals surface area contributed by atoms with Crippen LogP contribution in [-0.2, 0) is 24.9 Å². The summed E-state index contributed by atoms with van der Waals surface area (Å²) in [4.78, 5) is 38.3. The molecule has 0 saturated carbocycles. The van der Waals surface area contributed by atoms with E-state index in [0.29, 0.717) is 41.1 Å². The molecule has 1 N–H and O–H groups in total. The van der Waals surface area contributed by atoms with E-state index in [2.05, 4.69) is 5.32 Å². The van der Waals surface area contributed by atoms with Gasteiger partial charge in [-0.2, -0.15) is 5.10 Å². The van der Waals surface area contributed by atoms with Crippen molar-refractivity contribution in [3.63, 3.8) is 0 Å². The molecule has 0 bridgehead atoms. The number of carbonyl (C=O) groups excluding carboxylic acids is 1. The smallest absolute Gasteiger partial charge is 0.326 e. The number of hydrogen-bond donors (Lipinski definition) is 1. The molecule has 2 heterocycles. The van der Waals surface area contributed by atoms with Gasteiger partial charge in [-0.3, -0.25) is 23.4 Å². The van der Waals surface area contributed by atoms with Gasteiger partial charge in [0.05, 0.1) is 12.2 Å². The minimum atomic E-state index is -0.431. The normalized spacial score (nSPS) is 11.3. The molecular formula is C31H30FN5O3. The number of aromatic nitrogens is 4. The van der Waals surface area contributed by atoms with Gasteiger partial charge >= 0.3 is 5.69 Å². The van der Waals surface area contributed by atoms with E-state index in [9.17, 15) is 18.8 Å². The monoisotopic (exact) mass is 539 g/mol. The zero-order valence-corrected chi connectivity index (χ0v) is 22.8. The molecule has 40 heavy (non-hydrogen) atoms. The van der Waals surface area contributed by atoms with Crippen molar-refractivity contribution >= 4 is 22.6 Å². The van der Waals surface area contributed by atoms with Crippen molar-refractivity contribution in [2.45, 2.75) is 33.9 Å². The van der Waals surface area contributed by atoms with Gasteiger partial charge in [0.2, 0.25) is 5.91 Å². The van der Waals surface area contributed by atoms with Gasteiger partial charge in [-0.25, -0.2) is 9.18 Å². The highest BCUT2D eigenvalue weighted by Gasteiger charge is 2.23. The number of carbonyl (C=O) groups is 1. The molecule has 0 unspecified atom stereocenters. The molecule has 0 radical (unpaired) electrons. The predicted octanol–water partition coefficient (Wildman–Crippen LogP) is 5.03. The lowest BCUT2D eigenvalue weighted by atomic mass is 9.99. The van der Waals surface area contributed by atoms with Gasteiger partial charge in [-0.1, -0.05) is 62.4 Å². The fourth-order valence-corrected chi connectivity index (χ4v) is 4.94. The molecule has 0 aliphatic heterocycles. The van der Waals surface area contributed by atoms with Crippen LogP contribution in [0.4, 0.5) is 10.1 Å². The third kappa shape index (κ3) is 5.10. The number of anilines is 1. The highest BCUT2D eigenvalue weighted by atomic mass is 19.1. The van der Waals surface area contributed by atoms with E-state index in [1.165, 1.54) is 26.1 Å². The van der Waals surface area contributed by atoms with Crippen LogP contribution in [0.1, 0.15) is 26.3 Å². The van der Waals surface area contributed by atoms with Gasteiger partial charge in [-0.15, -0.1) is 0 Å². The number of nitrogens with zero attached hydrogens (tertiary/aromatic N) is 4. The van der Waals surface area contributed by atoms with Crippen molar-refractivity contribution in [2.75, 3.05) is 5.32 Å². The quantitative estimate of drug-likeness (QED) is 0.314. The molecule has 0 aliphatic carbocycles. The molecule has 0 saturated heterocycles. The summed E-state index contributed by atoms with van der Waals surface area (Å²) in [6, 6.07) is 21.2. The molecule has 1 amide bonds. The lowest BCUT2D eigenvalue weighted by Gasteiger charge is -2.13. The summed E-state index contributed by atoms with van der Waals surface area (Å²) in [5, 5.41) is 7.96. The van der Waals surface area contributed by atoms with E-state index in [4.69, 9.17) is 5.10 Å². The van der Waals surface area contributed by atoms with Crippen LogP contribution >= 0.6 is 0 Å². The van der Waals surface area contributed by atoms with E-state index in [1.807, 2.05) is 50.2 Å². The van der Waals surface area contributed by atoms with Gasteiger partial charge in [0, 0.05) is 31.8 Å². The van der Waals surface area contributed by atoms with Crippen LogP contribution in [0.25, 0.3) is 33.4 Å². The Morgan fingerprint density at radius 1 is 0.950 bits per heavy atom. The van der Waals surface area contributed by atoms with Crippen molar-refractivity contribution in [1.82, 2.24) is 18.9 Å². The van der Waals surface area contributed by atoms with Crippen LogP contribution < -0.4 is 16.6 Å². The largest absolute Gasteiger partial charge is 0.332 e. The zero-order chi connectivity index (χ0) is 28.6. The Hall–Kier alpha value is -4.79. The van der Waals surface area contributed by atoms with Gasteiger partial charge in [-0.05, 0) is 46.9 Å². The number of nitrogens with one attached hydrogen (secondary N) is 1. The summed E-state index contributed by atoms with van der Waals surface area (Å²) in [6.45, 7) is 6.13. The Balaban J connectivity index is 1.76. The zero-order valence-electron chi connectivity index (χ0n) is 22.8. The molecule has 8 nitrogen and oxygen atoms in total. The molecule has 0 spiro atoms. The summed E-state index contributed by atoms with van der Waals surface area (Å²) in [5.74, 6) is -0.362. The van der Waals surface area contributed by atoms with Crippen LogP contribution in [0.3, 0.4) is 0 Å². The van der Waals surface area contributed by atoms with Crippen molar-refractivity contribution in [1.29, 1.82) is 0 Å². The summed E-state index contributed by atoms with van der Waals surface area (Å²) in [7, 11) is 1.48. The first-order valence-corrected chi connectivity index (χ1v) is 13.1. The molecule has 3 aromatic carbocycles. The van der Waals surface area contributed by atoms with E-state index >= 15 is 0 Å². The molecule has 0 atom stereocenters. The van der Waals surface area contributed by atoms with Gasteiger partial charge < -0.3 is 5.32 Å². The minimum absolute atomic E-state index is 0.142. The van der Waals surface area contributed by atoms with Crippen molar-refractivity contribution in [3.8, 4) is 22.4 Å². The van der Waals surface area contributed by atoms with Crippen molar-refractivity contribution in [2.24, 2.45) is 13.0 Å². The Labute approximate surface area is 230 Å². The predicted molar refractivity (Wildman–Crippen MR) is 155 cm³/mol. The molecule has 5 rings (SSSR count).